The fourth-order valence-electron chi connectivity index (χ4n) is 1.69. The summed E-state index contributed by atoms with van der Waals surface area (Å²) >= 11 is 11.4. The van der Waals surface area contributed by atoms with E-state index in [2.05, 4.69) is 43.8 Å². The molecule has 0 aliphatic carbocycles. The molecule has 3 nitrogen and oxygen atoms in total. The monoisotopic (exact) mass is 479 g/mol. The van der Waals surface area contributed by atoms with Gasteiger partial charge in [0.25, 0.3) is 5.91 Å². The van der Waals surface area contributed by atoms with Crippen LogP contribution in [0.15, 0.2) is 40.9 Å². The van der Waals surface area contributed by atoms with Crippen LogP contribution in [0.25, 0.3) is 0 Å². The first-order valence-electron chi connectivity index (χ1n) is 6.09. The third kappa shape index (κ3) is 4.86. The maximum absolute atomic E-state index is 11.9. The molecule has 2 aromatic rings. The number of carbonyl (C=O) groups is 1. The molecule has 0 heterocycles. The van der Waals surface area contributed by atoms with E-state index in [0.29, 0.717) is 15.2 Å². The first-order chi connectivity index (χ1) is 9.95. The van der Waals surface area contributed by atoms with Gasteiger partial charge in [-0.2, -0.15) is 0 Å². The normalized spacial score (nSPS) is 10.3. The van der Waals surface area contributed by atoms with Crippen LogP contribution in [0.3, 0.4) is 0 Å². The SMILES string of the molecule is Cc1cc(I)ccc1NC(=O)COc1ccc(Cl)cc1Br. The topological polar surface area (TPSA) is 38.3 Å². The molecule has 6 heteroatoms. The standard InChI is InChI=1S/C15H12BrClINO2/c1-9-6-11(18)3-4-13(9)19-15(20)8-21-14-5-2-10(17)7-12(14)16/h2-7H,8H2,1H3,(H,19,20). The lowest BCUT2D eigenvalue weighted by atomic mass is 10.2. The van der Waals surface area contributed by atoms with Crippen molar-refractivity contribution in [1.29, 1.82) is 0 Å². The molecule has 0 aliphatic heterocycles. The van der Waals surface area contributed by atoms with E-state index in [0.717, 1.165) is 14.8 Å². The number of hydrogen-bond donors (Lipinski definition) is 1. The molecule has 0 unspecified atom stereocenters. The van der Waals surface area contributed by atoms with E-state index in [1.807, 2.05) is 25.1 Å². The molecule has 0 spiro atoms. The minimum Gasteiger partial charge on any atom is -0.483 e. The Hall–Kier alpha value is -0.790. The first-order valence-corrected chi connectivity index (χ1v) is 8.34. The highest BCUT2D eigenvalue weighted by atomic mass is 127. The van der Waals surface area contributed by atoms with Gasteiger partial charge in [-0.15, -0.1) is 0 Å². The summed E-state index contributed by atoms with van der Waals surface area (Å²) in [4.78, 5) is 11.9. The van der Waals surface area contributed by atoms with Crippen molar-refractivity contribution in [3.8, 4) is 5.75 Å². The Balaban J connectivity index is 1.96. The number of hydrogen-bond acceptors (Lipinski definition) is 2. The second kappa shape index (κ2) is 7.47. The summed E-state index contributed by atoms with van der Waals surface area (Å²) in [6, 6.07) is 11.0. The van der Waals surface area contributed by atoms with E-state index in [9.17, 15) is 4.79 Å². The van der Waals surface area contributed by atoms with Crippen LogP contribution >= 0.6 is 50.1 Å². The van der Waals surface area contributed by atoms with Gasteiger partial charge in [-0.3, -0.25) is 4.79 Å². The van der Waals surface area contributed by atoms with E-state index in [4.69, 9.17) is 16.3 Å². The zero-order chi connectivity index (χ0) is 15.4. The van der Waals surface area contributed by atoms with E-state index >= 15 is 0 Å². The van der Waals surface area contributed by atoms with Crippen molar-refractivity contribution < 1.29 is 9.53 Å². The molecule has 110 valence electrons. The van der Waals surface area contributed by atoms with Crippen molar-refractivity contribution in [3.05, 3.63) is 55.0 Å². The number of benzene rings is 2. The number of aryl methyl sites for hydroxylation is 1. The number of halogens is 3. The quantitative estimate of drug-likeness (QED) is 0.624. The summed E-state index contributed by atoms with van der Waals surface area (Å²) in [6.07, 6.45) is 0. The van der Waals surface area contributed by atoms with Crippen LogP contribution in [0, 0.1) is 10.5 Å². The predicted molar refractivity (Wildman–Crippen MR) is 97.2 cm³/mol. The van der Waals surface area contributed by atoms with Gasteiger partial charge in [0.2, 0.25) is 0 Å². The lowest BCUT2D eigenvalue weighted by Gasteiger charge is -2.11. The average molecular weight is 481 g/mol. The van der Waals surface area contributed by atoms with Gasteiger partial charge in [-0.05, 0) is 87.4 Å². The van der Waals surface area contributed by atoms with Crippen LogP contribution in [0.2, 0.25) is 5.02 Å². The molecule has 0 saturated heterocycles. The molecule has 2 rings (SSSR count). The van der Waals surface area contributed by atoms with Gasteiger partial charge >= 0.3 is 0 Å². The molecule has 21 heavy (non-hydrogen) atoms. The Bertz CT molecular complexity index is 679. The summed E-state index contributed by atoms with van der Waals surface area (Å²) < 4.78 is 7.32. The van der Waals surface area contributed by atoms with Crippen molar-refractivity contribution in [2.45, 2.75) is 6.92 Å². The Labute approximate surface area is 150 Å². The molecular formula is C15H12BrClINO2. The highest BCUT2D eigenvalue weighted by Gasteiger charge is 2.08. The van der Waals surface area contributed by atoms with Gasteiger partial charge < -0.3 is 10.1 Å². The molecule has 2 aromatic carbocycles. The van der Waals surface area contributed by atoms with Gasteiger partial charge in [0, 0.05) is 14.3 Å². The minimum absolute atomic E-state index is 0.0638. The van der Waals surface area contributed by atoms with E-state index in [-0.39, 0.29) is 12.5 Å². The number of amides is 1. The summed E-state index contributed by atoms with van der Waals surface area (Å²) in [6.45, 7) is 1.89. The maximum atomic E-state index is 11.9. The van der Waals surface area contributed by atoms with Crippen LogP contribution in [0.4, 0.5) is 5.69 Å². The van der Waals surface area contributed by atoms with Crippen molar-refractivity contribution in [1.82, 2.24) is 0 Å². The number of nitrogens with one attached hydrogen (secondary N) is 1. The molecule has 0 aromatic heterocycles. The molecule has 1 N–H and O–H groups in total. The average Bonchev–Trinajstić information content (AvgIpc) is 2.41. The van der Waals surface area contributed by atoms with Gasteiger partial charge in [0.1, 0.15) is 5.75 Å². The number of rotatable bonds is 4. The molecule has 1 amide bonds. The second-order valence-electron chi connectivity index (χ2n) is 4.37. The smallest absolute Gasteiger partial charge is 0.262 e. The van der Waals surface area contributed by atoms with E-state index < -0.39 is 0 Å². The first kappa shape index (κ1) is 16.6. The van der Waals surface area contributed by atoms with E-state index in [1.165, 1.54) is 0 Å². The Morgan fingerprint density at radius 1 is 1.33 bits per heavy atom. The van der Waals surface area contributed by atoms with Crippen LogP contribution in [-0.2, 0) is 4.79 Å². The fourth-order valence-corrected chi connectivity index (χ4v) is 3.13. The number of carbonyl (C=O) groups excluding carboxylic acids is 1. The van der Waals surface area contributed by atoms with Gasteiger partial charge in [0.05, 0.1) is 4.47 Å². The minimum atomic E-state index is -0.207. The molecule has 0 radical (unpaired) electrons. The summed E-state index contributed by atoms with van der Waals surface area (Å²) in [5.74, 6) is 0.370. The largest absolute Gasteiger partial charge is 0.483 e. The molecule has 0 saturated carbocycles. The fraction of sp³-hybridized carbons (Fsp3) is 0.133. The summed E-state index contributed by atoms with van der Waals surface area (Å²) in [5, 5.41) is 3.43. The molecule has 0 aliphatic rings. The number of ether oxygens (including phenoxy) is 1. The third-order valence-corrected chi connectivity index (χ3v) is 4.24. The van der Waals surface area contributed by atoms with Crippen molar-refractivity contribution >= 4 is 61.7 Å². The highest BCUT2D eigenvalue weighted by molar-refractivity contribution is 14.1. The lowest BCUT2D eigenvalue weighted by molar-refractivity contribution is -0.118. The van der Waals surface area contributed by atoms with Crippen molar-refractivity contribution in [3.63, 3.8) is 0 Å². The maximum Gasteiger partial charge on any atom is 0.262 e. The molecular weight excluding hydrogens is 468 g/mol. The highest BCUT2D eigenvalue weighted by Crippen LogP contribution is 2.28. The van der Waals surface area contributed by atoms with Crippen LogP contribution in [0.1, 0.15) is 5.56 Å². The van der Waals surface area contributed by atoms with Gasteiger partial charge in [-0.1, -0.05) is 11.6 Å². The third-order valence-electron chi connectivity index (χ3n) is 2.72. The molecule has 0 fully saturated rings. The van der Waals surface area contributed by atoms with Gasteiger partial charge in [0.15, 0.2) is 6.61 Å². The lowest BCUT2D eigenvalue weighted by Crippen LogP contribution is -2.20. The summed E-state index contributed by atoms with van der Waals surface area (Å²) in [7, 11) is 0. The van der Waals surface area contributed by atoms with Crippen LogP contribution in [-0.4, -0.2) is 12.5 Å². The van der Waals surface area contributed by atoms with Crippen LogP contribution in [0.5, 0.6) is 5.75 Å². The van der Waals surface area contributed by atoms with E-state index in [1.54, 1.807) is 18.2 Å². The van der Waals surface area contributed by atoms with Crippen LogP contribution < -0.4 is 10.1 Å². The van der Waals surface area contributed by atoms with Gasteiger partial charge in [-0.25, -0.2) is 0 Å². The summed E-state index contributed by atoms with van der Waals surface area (Å²) in [5.41, 5.74) is 1.81. The van der Waals surface area contributed by atoms with Crippen molar-refractivity contribution in [2.75, 3.05) is 11.9 Å². The predicted octanol–water partition coefficient (Wildman–Crippen LogP) is 5.03. The Morgan fingerprint density at radius 2 is 2.10 bits per heavy atom. The Kier molecular flexibility index (Phi) is 5.89. The number of anilines is 1. The Morgan fingerprint density at radius 3 is 2.76 bits per heavy atom. The second-order valence-corrected chi connectivity index (χ2v) is 6.91. The zero-order valence-electron chi connectivity index (χ0n) is 11.1. The molecule has 0 atom stereocenters. The molecule has 0 bridgehead atoms. The van der Waals surface area contributed by atoms with Crippen molar-refractivity contribution in [2.24, 2.45) is 0 Å². The zero-order valence-corrected chi connectivity index (χ0v) is 15.6.